The zero-order valence-electron chi connectivity index (χ0n) is 11.3. The van der Waals surface area contributed by atoms with E-state index in [1.807, 2.05) is 0 Å². The zero-order valence-corrected chi connectivity index (χ0v) is 11.3. The van der Waals surface area contributed by atoms with Crippen LogP contribution in [0, 0.1) is 5.92 Å². The molecule has 3 N–H and O–H groups in total. The summed E-state index contributed by atoms with van der Waals surface area (Å²) in [5.41, 5.74) is 4.98. The smallest absolute Gasteiger partial charge is 0.312 e. The van der Waals surface area contributed by atoms with Crippen LogP contribution in [0.25, 0.3) is 0 Å². The molecular weight excluding hydrogens is 250 g/mol. The van der Waals surface area contributed by atoms with Crippen LogP contribution < -0.4 is 11.1 Å². The number of hydrogen-bond donors (Lipinski definition) is 2. The highest BCUT2D eigenvalue weighted by molar-refractivity contribution is 5.86. The summed E-state index contributed by atoms with van der Waals surface area (Å²) in [6, 6.07) is -1.42. The van der Waals surface area contributed by atoms with E-state index < -0.39 is 12.1 Å². The molecular formula is C12H21N3O4. The second-order valence-corrected chi connectivity index (χ2v) is 4.61. The average molecular weight is 271 g/mol. The Morgan fingerprint density at radius 3 is 2.74 bits per heavy atom. The van der Waals surface area contributed by atoms with Crippen molar-refractivity contribution >= 4 is 17.9 Å². The van der Waals surface area contributed by atoms with Gasteiger partial charge in [-0.3, -0.25) is 9.59 Å². The van der Waals surface area contributed by atoms with Crippen molar-refractivity contribution in [2.75, 3.05) is 19.7 Å². The van der Waals surface area contributed by atoms with Gasteiger partial charge in [0.1, 0.15) is 6.04 Å². The Morgan fingerprint density at radius 1 is 1.47 bits per heavy atom. The predicted octanol–water partition coefficient (Wildman–Crippen LogP) is -0.155. The highest BCUT2D eigenvalue weighted by Crippen LogP contribution is 2.18. The van der Waals surface area contributed by atoms with Gasteiger partial charge in [-0.1, -0.05) is 0 Å². The molecule has 7 heteroatoms. The number of rotatable bonds is 4. The molecule has 0 bridgehead atoms. The fraction of sp³-hybridized carbons (Fsp3) is 0.750. The lowest BCUT2D eigenvalue weighted by Crippen LogP contribution is -2.52. The summed E-state index contributed by atoms with van der Waals surface area (Å²) in [6.45, 7) is 4.58. The molecule has 0 radical (unpaired) electrons. The number of likely N-dealkylation sites (tertiary alicyclic amines) is 1. The van der Waals surface area contributed by atoms with Crippen molar-refractivity contribution in [1.82, 2.24) is 10.2 Å². The molecule has 2 unspecified atom stereocenters. The quantitative estimate of drug-likeness (QED) is 0.694. The average Bonchev–Trinajstić information content (AvgIpc) is 2.37. The number of amides is 3. The standard InChI is InChI=1S/C12H21N3O4/c1-3-19-11(17)9-5-4-6-15(7-9)10(16)8(2)14-12(13)18/h8-9H,3-7H2,1-2H3,(H3,13,14,18). The number of nitrogens with two attached hydrogens (primary N) is 1. The molecule has 0 aromatic heterocycles. The molecule has 1 aliphatic rings. The number of carbonyl (C=O) groups is 3. The highest BCUT2D eigenvalue weighted by Gasteiger charge is 2.31. The van der Waals surface area contributed by atoms with Crippen LogP contribution >= 0.6 is 0 Å². The summed E-state index contributed by atoms with van der Waals surface area (Å²) in [4.78, 5) is 36.0. The molecule has 0 aromatic rings. The third kappa shape index (κ3) is 4.42. The molecule has 2 atom stereocenters. The molecule has 0 saturated carbocycles. The van der Waals surface area contributed by atoms with Crippen LogP contribution in [0.4, 0.5) is 4.79 Å². The Bertz CT molecular complexity index is 359. The summed E-state index contributed by atoms with van der Waals surface area (Å²) in [5.74, 6) is -0.776. The van der Waals surface area contributed by atoms with Crippen molar-refractivity contribution in [3.8, 4) is 0 Å². The van der Waals surface area contributed by atoms with Crippen LogP contribution in [0.5, 0.6) is 0 Å². The van der Waals surface area contributed by atoms with Crippen molar-refractivity contribution in [3.63, 3.8) is 0 Å². The number of hydrogen-bond acceptors (Lipinski definition) is 4. The molecule has 0 spiro atoms. The normalized spacial score (nSPS) is 20.5. The van der Waals surface area contributed by atoms with E-state index in [1.165, 1.54) is 0 Å². The Hall–Kier alpha value is -1.79. The number of nitrogens with zero attached hydrogens (tertiary/aromatic N) is 1. The second-order valence-electron chi connectivity index (χ2n) is 4.61. The first kappa shape index (κ1) is 15.3. The SMILES string of the molecule is CCOC(=O)C1CCCN(C(=O)C(C)NC(N)=O)C1. The van der Waals surface area contributed by atoms with Crippen LogP contribution in [-0.4, -0.2) is 48.5 Å². The van der Waals surface area contributed by atoms with Gasteiger partial charge in [-0.25, -0.2) is 4.79 Å². The summed E-state index contributed by atoms with van der Waals surface area (Å²) >= 11 is 0. The van der Waals surface area contributed by atoms with Gasteiger partial charge in [0.15, 0.2) is 0 Å². The summed E-state index contributed by atoms with van der Waals surface area (Å²) in [5, 5.41) is 2.34. The third-order valence-electron chi connectivity index (χ3n) is 3.08. The number of esters is 1. The van der Waals surface area contributed by atoms with E-state index in [0.29, 0.717) is 19.7 Å². The van der Waals surface area contributed by atoms with Gasteiger partial charge in [0.25, 0.3) is 0 Å². The molecule has 1 heterocycles. The van der Waals surface area contributed by atoms with Crippen LogP contribution in [0.2, 0.25) is 0 Å². The highest BCUT2D eigenvalue weighted by atomic mass is 16.5. The molecule has 0 aliphatic carbocycles. The maximum absolute atomic E-state index is 12.1. The largest absolute Gasteiger partial charge is 0.466 e. The van der Waals surface area contributed by atoms with E-state index in [2.05, 4.69) is 5.32 Å². The van der Waals surface area contributed by atoms with E-state index >= 15 is 0 Å². The molecule has 1 aliphatic heterocycles. The van der Waals surface area contributed by atoms with Gasteiger partial charge < -0.3 is 20.7 Å². The fourth-order valence-corrected chi connectivity index (χ4v) is 2.18. The minimum atomic E-state index is -0.736. The van der Waals surface area contributed by atoms with Gasteiger partial charge in [0, 0.05) is 13.1 Å². The lowest BCUT2D eigenvalue weighted by Gasteiger charge is -2.33. The topological polar surface area (TPSA) is 102 Å². The van der Waals surface area contributed by atoms with Gasteiger partial charge >= 0.3 is 12.0 Å². The first-order valence-electron chi connectivity index (χ1n) is 6.47. The van der Waals surface area contributed by atoms with Gasteiger partial charge in [0.05, 0.1) is 12.5 Å². The number of piperidine rings is 1. The van der Waals surface area contributed by atoms with Gasteiger partial charge in [-0.15, -0.1) is 0 Å². The fourth-order valence-electron chi connectivity index (χ4n) is 2.18. The van der Waals surface area contributed by atoms with Crippen molar-refractivity contribution in [3.05, 3.63) is 0 Å². The summed E-state index contributed by atoms with van der Waals surface area (Å²) in [7, 11) is 0. The zero-order chi connectivity index (χ0) is 14.4. The monoisotopic (exact) mass is 271 g/mol. The molecule has 0 aromatic carbocycles. The summed E-state index contributed by atoms with van der Waals surface area (Å²) < 4.78 is 4.97. The van der Waals surface area contributed by atoms with Crippen molar-refractivity contribution < 1.29 is 19.1 Å². The minimum absolute atomic E-state index is 0.229. The van der Waals surface area contributed by atoms with Gasteiger partial charge in [-0.05, 0) is 26.7 Å². The molecule has 7 nitrogen and oxygen atoms in total. The Kier molecular flexibility index (Phi) is 5.59. The van der Waals surface area contributed by atoms with E-state index in [9.17, 15) is 14.4 Å². The number of carbonyl (C=O) groups excluding carboxylic acids is 3. The van der Waals surface area contributed by atoms with Crippen molar-refractivity contribution in [1.29, 1.82) is 0 Å². The molecule has 108 valence electrons. The number of primary amides is 1. The van der Waals surface area contributed by atoms with E-state index in [0.717, 1.165) is 12.8 Å². The van der Waals surface area contributed by atoms with E-state index in [-0.39, 0.29) is 17.8 Å². The lowest BCUT2D eigenvalue weighted by molar-refractivity contribution is -0.151. The predicted molar refractivity (Wildman–Crippen MR) is 68.1 cm³/mol. The van der Waals surface area contributed by atoms with E-state index in [1.54, 1.807) is 18.7 Å². The first-order valence-corrected chi connectivity index (χ1v) is 6.47. The van der Waals surface area contributed by atoms with Crippen molar-refractivity contribution in [2.45, 2.75) is 32.7 Å². The van der Waals surface area contributed by atoms with Crippen LogP contribution in [-0.2, 0) is 14.3 Å². The molecule has 19 heavy (non-hydrogen) atoms. The van der Waals surface area contributed by atoms with Crippen LogP contribution in [0.1, 0.15) is 26.7 Å². The maximum Gasteiger partial charge on any atom is 0.312 e. The third-order valence-corrected chi connectivity index (χ3v) is 3.08. The maximum atomic E-state index is 12.1. The van der Waals surface area contributed by atoms with Crippen LogP contribution in [0.3, 0.4) is 0 Å². The molecule has 1 saturated heterocycles. The lowest BCUT2D eigenvalue weighted by atomic mass is 9.97. The second kappa shape index (κ2) is 6.96. The number of ether oxygens (including phenoxy) is 1. The van der Waals surface area contributed by atoms with Gasteiger partial charge in [-0.2, -0.15) is 0 Å². The van der Waals surface area contributed by atoms with Crippen LogP contribution in [0.15, 0.2) is 0 Å². The number of urea groups is 1. The Balaban J connectivity index is 2.56. The van der Waals surface area contributed by atoms with Crippen molar-refractivity contribution in [2.24, 2.45) is 11.7 Å². The first-order chi connectivity index (χ1) is 8.95. The molecule has 3 amide bonds. The molecule has 1 fully saturated rings. The minimum Gasteiger partial charge on any atom is -0.466 e. The molecule has 1 rings (SSSR count). The van der Waals surface area contributed by atoms with Gasteiger partial charge in [0.2, 0.25) is 5.91 Å². The van der Waals surface area contributed by atoms with E-state index in [4.69, 9.17) is 10.5 Å². The Labute approximate surface area is 112 Å². The number of nitrogens with one attached hydrogen (secondary N) is 1. The Morgan fingerprint density at radius 2 is 2.16 bits per heavy atom. The summed E-state index contributed by atoms with van der Waals surface area (Å²) in [6.07, 6.45) is 1.47.